The second-order valence-corrected chi connectivity index (χ2v) is 9.75. The summed E-state index contributed by atoms with van der Waals surface area (Å²) in [5.41, 5.74) is 2.66. The minimum absolute atomic E-state index is 0.363. The molecule has 5 fully saturated rings. The molecule has 1 aromatic rings. The standard InChI is InChI=1S/C21H31N3O/c1-14-5-15(2)24(22-14)19-3-4-23(13-19)20(25)12-21-9-16-6-17(10-21)8-18(7-16)11-21/h5,16-19H,3-4,6-13H2,1-2H3. The molecule has 0 spiro atoms. The van der Waals surface area contributed by atoms with E-state index in [9.17, 15) is 4.79 Å². The van der Waals surface area contributed by atoms with E-state index in [-0.39, 0.29) is 0 Å². The fourth-order valence-corrected chi connectivity index (χ4v) is 7.12. The summed E-state index contributed by atoms with van der Waals surface area (Å²) in [5.74, 6) is 3.21. The van der Waals surface area contributed by atoms with E-state index in [1.165, 1.54) is 44.2 Å². The van der Waals surface area contributed by atoms with Crippen LogP contribution >= 0.6 is 0 Å². The van der Waals surface area contributed by atoms with Crippen LogP contribution in [0.25, 0.3) is 0 Å². The van der Waals surface area contributed by atoms with Crippen molar-refractivity contribution in [2.75, 3.05) is 13.1 Å². The fraction of sp³-hybridized carbons (Fsp3) is 0.810. The molecule has 4 heteroatoms. The zero-order chi connectivity index (χ0) is 17.2. The lowest BCUT2D eigenvalue weighted by Gasteiger charge is -2.56. The van der Waals surface area contributed by atoms with Crippen LogP contribution in [-0.2, 0) is 4.79 Å². The van der Waals surface area contributed by atoms with Crippen molar-refractivity contribution in [3.63, 3.8) is 0 Å². The summed E-state index contributed by atoms with van der Waals surface area (Å²) in [6.07, 6.45) is 10.2. The number of amides is 1. The Labute approximate surface area is 151 Å². The quantitative estimate of drug-likeness (QED) is 0.837. The van der Waals surface area contributed by atoms with Gasteiger partial charge in [-0.2, -0.15) is 5.10 Å². The van der Waals surface area contributed by atoms with Crippen LogP contribution in [0.4, 0.5) is 0 Å². The van der Waals surface area contributed by atoms with E-state index in [1.54, 1.807) is 0 Å². The van der Waals surface area contributed by atoms with Gasteiger partial charge in [0.1, 0.15) is 0 Å². The maximum absolute atomic E-state index is 13.1. The molecule has 4 nitrogen and oxygen atoms in total. The van der Waals surface area contributed by atoms with Crippen LogP contribution in [0.15, 0.2) is 6.07 Å². The van der Waals surface area contributed by atoms with Crippen molar-refractivity contribution in [2.24, 2.45) is 23.2 Å². The minimum Gasteiger partial charge on any atom is -0.340 e. The predicted octanol–water partition coefficient (Wildman–Crippen LogP) is 3.88. The summed E-state index contributed by atoms with van der Waals surface area (Å²) in [4.78, 5) is 15.2. The van der Waals surface area contributed by atoms with Crippen molar-refractivity contribution in [1.29, 1.82) is 0 Å². The Balaban J connectivity index is 1.26. The van der Waals surface area contributed by atoms with Crippen LogP contribution in [0, 0.1) is 37.0 Å². The molecule has 0 N–H and O–H groups in total. The van der Waals surface area contributed by atoms with Crippen LogP contribution in [-0.4, -0.2) is 33.7 Å². The average molecular weight is 341 g/mol. The summed E-state index contributed by atoms with van der Waals surface area (Å²) in [7, 11) is 0. The molecule has 0 radical (unpaired) electrons. The normalized spacial score (nSPS) is 39.4. The van der Waals surface area contributed by atoms with Crippen LogP contribution < -0.4 is 0 Å². The third kappa shape index (κ3) is 2.72. The van der Waals surface area contributed by atoms with Crippen molar-refractivity contribution in [3.05, 3.63) is 17.5 Å². The van der Waals surface area contributed by atoms with E-state index in [0.29, 0.717) is 17.4 Å². The molecule has 4 saturated carbocycles. The molecular weight excluding hydrogens is 310 g/mol. The van der Waals surface area contributed by atoms with Crippen LogP contribution in [0.1, 0.15) is 68.8 Å². The van der Waals surface area contributed by atoms with Gasteiger partial charge in [-0.05, 0) is 88.0 Å². The molecule has 1 aromatic heterocycles. The van der Waals surface area contributed by atoms with Crippen LogP contribution in [0.5, 0.6) is 0 Å². The maximum atomic E-state index is 13.1. The van der Waals surface area contributed by atoms with E-state index in [2.05, 4.69) is 34.6 Å². The Hall–Kier alpha value is -1.32. The molecule has 1 aliphatic heterocycles. The number of likely N-dealkylation sites (tertiary alicyclic amines) is 1. The zero-order valence-corrected chi connectivity index (χ0v) is 15.7. The van der Waals surface area contributed by atoms with Crippen molar-refractivity contribution in [2.45, 2.75) is 71.3 Å². The number of hydrogen-bond acceptors (Lipinski definition) is 2. The van der Waals surface area contributed by atoms with Gasteiger partial charge in [0, 0.05) is 25.2 Å². The first kappa shape index (κ1) is 15.9. The summed E-state index contributed by atoms with van der Waals surface area (Å²) in [6.45, 7) is 5.94. The SMILES string of the molecule is Cc1cc(C)n(C2CCN(C(=O)CC34CC5CC(CC(C5)C3)C4)C2)n1. The Kier molecular flexibility index (Phi) is 3.55. The number of aromatic nitrogens is 2. The van der Waals surface area contributed by atoms with E-state index >= 15 is 0 Å². The lowest BCUT2D eigenvalue weighted by atomic mass is 9.49. The summed E-state index contributed by atoms with van der Waals surface area (Å²) in [5, 5.41) is 4.64. The van der Waals surface area contributed by atoms with Gasteiger partial charge in [0.25, 0.3) is 0 Å². The Bertz CT molecular complexity index is 656. The smallest absolute Gasteiger partial charge is 0.223 e. The highest BCUT2D eigenvalue weighted by Crippen LogP contribution is 2.61. The first-order valence-corrected chi connectivity index (χ1v) is 10.3. The lowest BCUT2D eigenvalue weighted by molar-refractivity contribution is -0.138. The predicted molar refractivity (Wildman–Crippen MR) is 97.2 cm³/mol. The topological polar surface area (TPSA) is 38.1 Å². The summed E-state index contributed by atoms with van der Waals surface area (Å²) < 4.78 is 2.15. The third-order valence-corrected chi connectivity index (χ3v) is 7.60. The molecule has 1 unspecified atom stereocenters. The number of aryl methyl sites for hydroxylation is 2. The minimum atomic E-state index is 0.363. The fourth-order valence-electron chi connectivity index (χ4n) is 7.12. The van der Waals surface area contributed by atoms with E-state index in [4.69, 9.17) is 0 Å². The van der Waals surface area contributed by atoms with Gasteiger partial charge in [-0.1, -0.05) is 0 Å². The van der Waals surface area contributed by atoms with Gasteiger partial charge in [0.05, 0.1) is 11.7 Å². The van der Waals surface area contributed by atoms with Gasteiger partial charge in [0.2, 0.25) is 5.91 Å². The highest BCUT2D eigenvalue weighted by Gasteiger charge is 2.52. The first-order valence-electron chi connectivity index (χ1n) is 10.3. The van der Waals surface area contributed by atoms with Gasteiger partial charge >= 0.3 is 0 Å². The molecule has 1 atom stereocenters. The van der Waals surface area contributed by atoms with E-state index < -0.39 is 0 Å². The molecule has 5 aliphatic rings. The molecule has 2 heterocycles. The molecule has 0 aromatic carbocycles. The molecule has 4 bridgehead atoms. The number of carbonyl (C=O) groups is 1. The molecule has 4 aliphatic carbocycles. The van der Waals surface area contributed by atoms with Gasteiger partial charge in [-0.15, -0.1) is 0 Å². The van der Waals surface area contributed by atoms with E-state index in [0.717, 1.165) is 49.4 Å². The molecule has 25 heavy (non-hydrogen) atoms. The summed E-state index contributed by atoms with van der Waals surface area (Å²) in [6, 6.07) is 2.51. The second kappa shape index (κ2) is 5.59. The number of carbonyl (C=O) groups excluding carboxylic acids is 1. The lowest BCUT2D eigenvalue weighted by Crippen LogP contribution is -2.48. The zero-order valence-electron chi connectivity index (χ0n) is 15.7. The van der Waals surface area contributed by atoms with Gasteiger partial charge in [-0.25, -0.2) is 0 Å². The largest absolute Gasteiger partial charge is 0.340 e. The van der Waals surface area contributed by atoms with E-state index in [1.807, 2.05) is 0 Å². The van der Waals surface area contributed by atoms with Crippen molar-refractivity contribution < 1.29 is 4.79 Å². The highest BCUT2D eigenvalue weighted by atomic mass is 16.2. The highest BCUT2D eigenvalue weighted by molar-refractivity contribution is 5.77. The number of rotatable bonds is 3. The average Bonchev–Trinajstić information content (AvgIpc) is 3.11. The van der Waals surface area contributed by atoms with Crippen molar-refractivity contribution >= 4 is 5.91 Å². The second-order valence-electron chi connectivity index (χ2n) is 9.75. The van der Waals surface area contributed by atoms with Gasteiger partial charge in [-0.3, -0.25) is 9.48 Å². The molecule has 6 rings (SSSR count). The third-order valence-electron chi connectivity index (χ3n) is 7.60. The van der Waals surface area contributed by atoms with Crippen LogP contribution in [0.3, 0.4) is 0 Å². The Morgan fingerprint density at radius 1 is 1.16 bits per heavy atom. The summed E-state index contributed by atoms with van der Waals surface area (Å²) >= 11 is 0. The molecule has 136 valence electrons. The van der Waals surface area contributed by atoms with Gasteiger partial charge < -0.3 is 4.90 Å². The maximum Gasteiger partial charge on any atom is 0.223 e. The Morgan fingerprint density at radius 2 is 1.80 bits per heavy atom. The monoisotopic (exact) mass is 341 g/mol. The van der Waals surface area contributed by atoms with Crippen molar-refractivity contribution in [1.82, 2.24) is 14.7 Å². The van der Waals surface area contributed by atoms with Crippen molar-refractivity contribution in [3.8, 4) is 0 Å². The number of hydrogen-bond donors (Lipinski definition) is 0. The molecular formula is C21H31N3O. The number of nitrogens with zero attached hydrogens (tertiary/aromatic N) is 3. The molecule has 1 saturated heterocycles. The van der Waals surface area contributed by atoms with Crippen LogP contribution in [0.2, 0.25) is 0 Å². The Morgan fingerprint density at radius 3 is 2.36 bits per heavy atom. The molecule has 1 amide bonds. The van der Waals surface area contributed by atoms with Gasteiger partial charge in [0.15, 0.2) is 0 Å². The first-order chi connectivity index (χ1) is 12.0.